The molecular weight excluding hydrogens is 218 g/mol. The number of pyridine rings is 1. The van der Waals surface area contributed by atoms with Crippen molar-refractivity contribution in [3.05, 3.63) is 17.1 Å². The molecule has 0 bridgehead atoms. The summed E-state index contributed by atoms with van der Waals surface area (Å²) in [5.41, 5.74) is 8.33. The first-order chi connectivity index (χ1) is 7.77. The minimum absolute atomic E-state index is 0.912. The van der Waals surface area contributed by atoms with Gasteiger partial charge in [-0.2, -0.15) is 0 Å². The normalized spacial score (nSPS) is 16.2. The Morgan fingerprint density at radius 2 is 2.12 bits per heavy atom. The molecule has 3 nitrogen and oxygen atoms in total. The number of hydrogen-bond acceptors (Lipinski definition) is 4. The lowest BCUT2D eigenvalue weighted by molar-refractivity contribution is 0.949. The Morgan fingerprint density at radius 1 is 1.38 bits per heavy atom. The third kappa shape index (κ3) is 1.37. The largest absolute Gasteiger partial charge is 0.397 e. The quantitative estimate of drug-likeness (QED) is 0.823. The van der Waals surface area contributed by atoms with Crippen molar-refractivity contribution in [2.24, 2.45) is 0 Å². The third-order valence-corrected chi connectivity index (χ3v) is 4.27. The smallest absolute Gasteiger partial charge is 0.127 e. The maximum absolute atomic E-state index is 6.15. The molecule has 84 valence electrons. The Morgan fingerprint density at radius 3 is 2.88 bits per heavy atom. The second-order valence-corrected chi connectivity index (χ2v) is 5.48. The van der Waals surface area contributed by atoms with Gasteiger partial charge in [-0.05, 0) is 25.8 Å². The van der Waals surface area contributed by atoms with Gasteiger partial charge in [-0.25, -0.2) is 4.98 Å². The molecule has 0 radical (unpaired) electrons. The molecule has 0 aliphatic carbocycles. The van der Waals surface area contributed by atoms with Crippen LogP contribution >= 0.6 is 11.3 Å². The van der Waals surface area contributed by atoms with Crippen LogP contribution in [-0.2, 0) is 0 Å². The lowest BCUT2D eigenvalue weighted by Crippen LogP contribution is -2.17. The number of aromatic nitrogens is 1. The molecule has 4 heteroatoms. The molecule has 0 amide bonds. The summed E-state index contributed by atoms with van der Waals surface area (Å²) in [4.78, 5) is 9.07. The van der Waals surface area contributed by atoms with Crippen molar-refractivity contribution in [1.29, 1.82) is 0 Å². The summed E-state index contributed by atoms with van der Waals surface area (Å²) in [6.07, 6.45) is 4.46. The van der Waals surface area contributed by atoms with Gasteiger partial charge < -0.3 is 10.6 Å². The number of aryl methyl sites for hydroxylation is 1. The monoisotopic (exact) mass is 233 g/mol. The highest BCUT2D eigenvalue weighted by Crippen LogP contribution is 2.38. The van der Waals surface area contributed by atoms with Gasteiger partial charge in [0.1, 0.15) is 4.83 Å². The Hall–Kier alpha value is -1.29. The van der Waals surface area contributed by atoms with Crippen molar-refractivity contribution in [1.82, 2.24) is 4.98 Å². The number of anilines is 2. The molecule has 0 saturated carbocycles. The maximum atomic E-state index is 6.15. The minimum atomic E-state index is 0.912. The summed E-state index contributed by atoms with van der Waals surface area (Å²) in [5, 5.41) is 1.16. The number of hydrogen-bond donors (Lipinski definition) is 1. The SMILES string of the molecule is Cc1sc2nccc(N3CCCC3)c2c1N. The highest BCUT2D eigenvalue weighted by atomic mass is 32.1. The molecular formula is C12H15N3S. The molecule has 1 aliphatic heterocycles. The highest BCUT2D eigenvalue weighted by Gasteiger charge is 2.18. The van der Waals surface area contributed by atoms with Gasteiger partial charge in [-0.15, -0.1) is 11.3 Å². The molecule has 2 aromatic heterocycles. The lowest BCUT2D eigenvalue weighted by Gasteiger charge is -2.18. The number of nitrogens with zero attached hydrogens (tertiary/aromatic N) is 2. The Balaban J connectivity index is 2.23. The van der Waals surface area contributed by atoms with Crippen LogP contribution < -0.4 is 10.6 Å². The fourth-order valence-corrected chi connectivity index (χ4v) is 3.29. The van der Waals surface area contributed by atoms with Crippen LogP contribution in [0.3, 0.4) is 0 Å². The number of rotatable bonds is 1. The highest BCUT2D eigenvalue weighted by molar-refractivity contribution is 7.19. The molecule has 2 aromatic rings. The zero-order valence-corrected chi connectivity index (χ0v) is 10.2. The summed E-state index contributed by atoms with van der Waals surface area (Å²) >= 11 is 1.69. The van der Waals surface area contributed by atoms with E-state index in [2.05, 4.69) is 22.9 Å². The molecule has 16 heavy (non-hydrogen) atoms. The van der Waals surface area contributed by atoms with Crippen LogP contribution in [0.2, 0.25) is 0 Å². The van der Waals surface area contributed by atoms with Crippen molar-refractivity contribution in [3.8, 4) is 0 Å². The molecule has 1 fully saturated rings. The first-order valence-corrected chi connectivity index (χ1v) is 6.47. The van der Waals surface area contributed by atoms with Crippen LogP contribution in [-0.4, -0.2) is 18.1 Å². The van der Waals surface area contributed by atoms with Gasteiger partial charge in [0, 0.05) is 24.2 Å². The van der Waals surface area contributed by atoms with Gasteiger partial charge in [0.15, 0.2) is 0 Å². The summed E-state index contributed by atoms with van der Waals surface area (Å²) < 4.78 is 0. The Kier molecular flexibility index (Phi) is 2.24. The van der Waals surface area contributed by atoms with E-state index in [4.69, 9.17) is 5.73 Å². The van der Waals surface area contributed by atoms with E-state index in [9.17, 15) is 0 Å². The second-order valence-electron chi connectivity index (χ2n) is 4.28. The average Bonchev–Trinajstić information content (AvgIpc) is 2.88. The van der Waals surface area contributed by atoms with Crippen molar-refractivity contribution < 1.29 is 0 Å². The van der Waals surface area contributed by atoms with E-state index in [1.807, 2.05) is 6.20 Å². The number of nitrogen functional groups attached to an aromatic ring is 1. The van der Waals surface area contributed by atoms with Gasteiger partial charge in [-0.3, -0.25) is 0 Å². The molecule has 2 N–H and O–H groups in total. The average molecular weight is 233 g/mol. The predicted octanol–water partition coefficient (Wildman–Crippen LogP) is 2.79. The standard InChI is InChI=1S/C12H15N3S/c1-8-11(13)10-9(15-6-2-3-7-15)4-5-14-12(10)16-8/h4-5H,2-3,6-7,13H2,1H3. The fourth-order valence-electron chi connectivity index (χ4n) is 2.36. The van der Waals surface area contributed by atoms with Gasteiger partial charge in [0.05, 0.1) is 16.8 Å². The molecule has 0 unspecified atom stereocenters. The first-order valence-electron chi connectivity index (χ1n) is 5.66. The number of thiophene rings is 1. The van der Waals surface area contributed by atoms with Gasteiger partial charge in [0.2, 0.25) is 0 Å². The molecule has 1 saturated heterocycles. The van der Waals surface area contributed by atoms with Crippen LogP contribution in [0.15, 0.2) is 12.3 Å². The molecule has 0 spiro atoms. The van der Waals surface area contributed by atoms with E-state index in [0.717, 1.165) is 29.0 Å². The zero-order valence-electron chi connectivity index (χ0n) is 9.36. The van der Waals surface area contributed by atoms with Gasteiger partial charge >= 0.3 is 0 Å². The van der Waals surface area contributed by atoms with Gasteiger partial charge in [0.25, 0.3) is 0 Å². The number of nitrogens with two attached hydrogens (primary N) is 1. The molecule has 3 rings (SSSR count). The zero-order chi connectivity index (χ0) is 11.1. The Labute approximate surface area is 98.9 Å². The topological polar surface area (TPSA) is 42.2 Å². The third-order valence-electron chi connectivity index (χ3n) is 3.24. The molecule has 0 aromatic carbocycles. The van der Waals surface area contributed by atoms with E-state index in [0.29, 0.717) is 0 Å². The molecule has 1 aliphatic rings. The van der Waals surface area contributed by atoms with Crippen molar-refractivity contribution in [2.45, 2.75) is 19.8 Å². The van der Waals surface area contributed by atoms with E-state index >= 15 is 0 Å². The van der Waals surface area contributed by atoms with Crippen molar-refractivity contribution in [3.63, 3.8) is 0 Å². The van der Waals surface area contributed by atoms with Crippen LogP contribution in [0.1, 0.15) is 17.7 Å². The fraction of sp³-hybridized carbons (Fsp3) is 0.417. The van der Waals surface area contributed by atoms with Gasteiger partial charge in [-0.1, -0.05) is 0 Å². The van der Waals surface area contributed by atoms with Crippen molar-refractivity contribution >= 4 is 32.9 Å². The van der Waals surface area contributed by atoms with E-state index < -0.39 is 0 Å². The summed E-state index contributed by atoms with van der Waals surface area (Å²) in [7, 11) is 0. The summed E-state index contributed by atoms with van der Waals surface area (Å²) in [5.74, 6) is 0. The van der Waals surface area contributed by atoms with Crippen molar-refractivity contribution in [2.75, 3.05) is 23.7 Å². The molecule has 3 heterocycles. The summed E-state index contributed by atoms with van der Waals surface area (Å²) in [6.45, 7) is 4.36. The summed E-state index contributed by atoms with van der Waals surface area (Å²) in [6, 6.07) is 2.09. The molecule has 0 atom stereocenters. The predicted molar refractivity (Wildman–Crippen MR) is 70.2 cm³/mol. The number of fused-ring (bicyclic) bond motifs is 1. The van der Waals surface area contributed by atoms with Crippen LogP contribution in [0, 0.1) is 6.92 Å². The first kappa shape index (κ1) is 9.90. The maximum Gasteiger partial charge on any atom is 0.127 e. The van der Waals surface area contributed by atoms with E-state index in [1.54, 1.807) is 11.3 Å². The van der Waals surface area contributed by atoms with Crippen LogP contribution in [0.25, 0.3) is 10.2 Å². The lowest BCUT2D eigenvalue weighted by atomic mass is 10.2. The van der Waals surface area contributed by atoms with Crippen LogP contribution in [0.5, 0.6) is 0 Å². The second kappa shape index (κ2) is 3.63. The minimum Gasteiger partial charge on any atom is -0.397 e. The van der Waals surface area contributed by atoms with E-state index in [1.165, 1.54) is 23.4 Å². The Bertz CT molecular complexity index is 526. The van der Waals surface area contributed by atoms with E-state index in [-0.39, 0.29) is 0 Å². The van der Waals surface area contributed by atoms with Crippen LogP contribution in [0.4, 0.5) is 11.4 Å².